The number of hydrogen-bond donors (Lipinski definition) is 0. The fourth-order valence-corrected chi connectivity index (χ4v) is 3.85. The minimum atomic E-state index is -0.0431. The van der Waals surface area contributed by atoms with E-state index in [1.807, 2.05) is 11.8 Å². The third kappa shape index (κ3) is 2.89. The van der Waals surface area contributed by atoms with Crippen molar-refractivity contribution in [3.05, 3.63) is 0 Å². The SMILES string of the molecule is N#CC1(CCCC2CCCO2)CCCS1. The van der Waals surface area contributed by atoms with Crippen LogP contribution in [0, 0.1) is 11.3 Å². The van der Waals surface area contributed by atoms with Crippen LogP contribution >= 0.6 is 11.8 Å². The first kappa shape index (κ1) is 11.3. The van der Waals surface area contributed by atoms with Crippen molar-refractivity contribution in [2.75, 3.05) is 12.4 Å². The molecule has 84 valence electrons. The summed E-state index contributed by atoms with van der Waals surface area (Å²) in [6, 6.07) is 2.52. The van der Waals surface area contributed by atoms with Gasteiger partial charge in [0.1, 0.15) is 4.75 Å². The van der Waals surface area contributed by atoms with Crippen molar-refractivity contribution < 1.29 is 4.74 Å². The summed E-state index contributed by atoms with van der Waals surface area (Å²) in [4.78, 5) is 0. The highest BCUT2D eigenvalue weighted by Crippen LogP contribution is 2.41. The minimum absolute atomic E-state index is 0.0431. The molecule has 0 bridgehead atoms. The molecule has 0 aromatic carbocycles. The van der Waals surface area contributed by atoms with Crippen LogP contribution in [-0.4, -0.2) is 23.2 Å². The van der Waals surface area contributed by atoms with Gasteiger partial charge in [0, 0.05) is 6.61 Å². The Morgan fingerprint density at radius 2 is 2.40 bits per heavy atom. The largest absolute Gasteiger partial charge is 0.378 e. The summed E-state index contributed by atoms with van der Waals surface area (Å²) in [5, 5.41) is 9.21. The molecular formula is C12H19NOS. The van der Waals surface area contributed by atoms with Crippen molar-refractivity contribution in [2.45, 2.75) is 55.8 Å². The summed E-state index contributed by atoms with van der Waals surface area (Å²) in [5.41, 5.74) is 0. The molecule has 2 heterocycles. The number of ether oxygens (including phenoxy) is 1. The van der Waals surface area contributed by atoms with Gasteiger partial charge in [0.15, 0.2) is 0 Å². The van der Waals surface area contributed by atoms with Crippen LogP contribution in [0.4, 0.5) is 0 Å². The van der Waals surface area contributed by atoms with Gasteiger partial charge in [-0.1, -0.05) is 0 Å². The van der Waals surface area contributed by atoms with Gasteiger partial charge < -0.3 is 4.74 Å². The van der Waals surface area contributed by atoms with Crippen LogP contribution in [0.1, 0.15) is 44.9 Å². The summed E-state index contributed by atoms with van der Waals surface area (Å²) < 4.78 is 5.55. The molecule has 2 fully saturated rings. The van der Waals surface area contributed by atoms with E-state index in [0.717, 1.165) is 32.3 Å². The topological polar surface area (TPSA) is 33.0 Å². The highest BCUT2D eigenvalue weighted by atomic mass is 32.2. The van der Waals surface area contributed by atoms with Crippen LogP contribution in [0.2, 0.25) is 0 Å². The molecule has 0 aromatic heterocycles. The Morgan fingerprint density at radius 3 is 3.00 bits per heavy atom. The van der Waals surface area contributed by atoms with E-state index >= 15 is 0 Å². The van der Waals surface area contributed by atoms with Crippen molar-refractivity contribution in [1.82, 2.24) is 0 Å². The number of nitriles is 1. The summed E-state index contributed by atoms with van der Waals surface area (Å²) >= 11 is 1.87. The van der Waals surface area contributed by atoms with Gasteiger partial charge in [0.2, 0.25) is 0 Å². The molecule has 2 aliphatic rings. The normalized spacial score (nSPS) is 35.5. The van der Waals surface area contributed by atoms with Crippen LogP contribution in [0.15, 0.2) is 0 Å². The molecule has 0 amide bonds. The lowest BCUT2D eigenvalue weighted by Gasteiger charge is -2.19. The van der Waals surface area contributed by atoms with Crippen LogP contribution in [0.3, 0.4) is 0 Å². The maximum atomic E-state index is 9.21. The third-order valence-corrected chi connectivity index (χ3v) is 4.98. The predicted octanol–water partition coefficient (Wildman–Crippen LogP) is 3.13. The monoisotopic (exact) mass is 225 g/mol. The molecule has 0 saturated carbocycles. The average Bonchev–Trinajstić information content (AvgIpc) is 2.89. The molecule has 0 aliphatic carbocycles. The number of rotatable bonds is 4. The molecule has 2 atom stereocenters. The average molecular weight is 225 g/mol. The van der Waals surface area contributed by atoms with Crippen molar-refractivity contribution >= 4 is 11.8 Å². The molecule has 2 aliphatic heterocycles. The smallest absolute Gasteiger partial charge is 0.102 e. The molecule has 2 unspecified atom stereocenters. The fraction of sp³-hybridized carbons (Fsp3) is 0.917. The summed E-state index contributed by atoms with van der Waals surface area (Å²) in [6.45, 7) is 0.947. The lowest BCUT2D eigenvalue weighted by Crippen LogP contribution is -2.19. The van der Waals surface area contributed by atoms with Crippen molar-refractivity contribution in [1.29, 1.82) is 5.26 Å². The molecule has 0 aromatic rings. The van der Waals surface area contributed by atoms with Crippen LogP contribution in [0.25, 0.3) is 0 Å². The third-order valence-electron chi connectivity index (χ3n) is 3.44. The van der Waals surface area contributed by atoms with E-state index in [2.05, 4.69) is 6.07 Å². The zero-order chi connectivity index (χ0) is 10.6. The first-order valence-corrected chi connectivity index (χ1v) is 7.00. The van der Waals surface area contributed by atoms with Gasteiger partial charge in [-0.15, -0.1) is 11.8 Å². The first-order chi connectivity index (χ1) is 7.35. The van der Waals surface area contributed by atoms with Crippen molar-refractivity contribution in [3.8, 4) is 6.07 Å². The van der Waals surface area contributed by atoms with Gasteiger partial charge in [-0.3, -0.25) is 0 Å². The Labute approximate surface area is 96.4 Å². The molecule has 2 rings (SSSR count). The lowest BCUT2D eigenvalue weighted by atomic mass is 9.96. The van der Waals surface area contributed by atoms with Crippen LogP contribution in [0.5, 0.6) is 0 Å². The minimum Gasteiger partial charge on any atom is -0.378 e. The number of hydrogen-bond acceptors (Lipinski definition) is 3. The molecule has 0 radical (unpaired) electrons. The van der Waals surface area contributed by atoms with Gasteiger partial charge >= 0.3 is 0 Å². The number of nitrogens with zero attached hydrogens (tertiary/aromatic N) is 1. The zero-order valence-electron chi connectivity index (χ0n) is 9.21. The maximum Gasteiger partial charge on any atom is 0.102 e. The lowest BCUT2D eigenvalue weighted by molar-refractivity contribution is 0.101. The highest BCUT2D eigenvalue weighted by Gasteiger charge is 2.34. The number of thioether (sulfide) groups is 1. The van der Waals surface area contributed by atoms with E-state index in [-0.39, 0.29) is 4.75 Å². The molecule has 3 heteroatoms. The summed E-state index contributed by atoms with van der Waals surface area (Å²) in [5.74, 6) is 1.17. The van der Waals surface area contributed by atoms with E-state index in [4.69, 9.17) is 4.74 Å². The Balaban J connectivity index is 1.70. The van der Waals surface area contributed by atoms with E-state index in [9.17, 15) is 5.26 Å². The van der Waals surface area contributed by atoms with E-state index in [1.54, 1.807) is 0 Å². The maximum absolute atomic E-state index is 9.21. The Morgan fingerprint density at radius 1 is 1.47 bits per heavy atom. The molecule has 2 saturated heterocycles. The predicted molar refractivity (Wildman–Crippen MR) is 62.9 cm³/mol. The van der Waals surface area contributed by atoms with E-state index < -0.39 is 0 Å². The van der Waals surface area contributed by atoms with Gasteiger partial charge in [-0.05, 0) is 50.7 Å². The zero-order valence-corrected chi connectivity index (χ0v) is 10.0. The van der Waals surface area contributed by atoms with Gasteiger partial charge in [-0.2, -0.15) is 5.26 Å². The summed E-state index contributed by atoms with van der Waals surface area (Å²) in [7, 11) is 0. The molecule has 0 N–H and O–H groups in total. The van der Waals surface area contributed by atoms with Crippen molar-refractivity contribution in [2.24, 2.45) is 0 Å². The molecule has 2 nitrogen and oxygen atoms in total. The second kappa shape index (κ2) is 5.23. The molecular weight excluding hydrogens is 206 g/mol. The Bertz CT molecular complexity index is 236. The second-order valence-corrected chi connectivity index (χ2v) is 6.06. The molecule has 15 heavy (non-hydrogen) atoms. The molecule has 0 spiro atoms. The van der Waals surface area contributed by atoms with E-state index in [0.29, 0.717) is 6.10 Å². The second-order valence-electron chi connectivity index (χ2n) is 4.59. The van der Waals surface area contributed by atoms with Crippen LogP contribution < -0.4 is 0 Å². The quantitative estimate of drug-likeness (QED) is 0.737. The van der Waals surface area contributed by atoms with Gasteiger partial charge in [-0.25, -0.2) is 0 Å². The van der Waals surface area contributed by atoms with E-state index in [1.165, 1.54) is 25.0 Å². The fourth-order valence-electron chi connectivity index (χ4n) is 2.53. The Hall–Kier alpha value is -0.200. The first-order valence-electron chi connectivity index (χ1n) is 6.01. The van der Waals surface area contributed by atoms with Crippen LogP contribution in [-0.2, 0) is 4.74 Å². The van der Waals surface area contributed by atoms with Crippen molar-refractivity contribution in [3.63, 3.8) is 0 Å². The highest BCUT2D eigenvalue weighted by molar-refractivity contribution is 8.01. The Kier molecular flexibility index (Phi) is 3.93. The van der Waals surface area contributed by atoms with Gasteiger partial charge in [0.25, 0.3) is 0 Å². The summed E-state index contributed by atoms with van der Waals surface area (Å²) in [6.07, 6.45) is 8.64. The van der Waals surface area contributed by atoms with Gasteiger partial charge in [0.05, 0.1) is 12.2 Å². The standard InChI is InChI=1S/C12H19NOS/c13-10-12(7-3-9-15-12)6-1-4-11-5-2-8-14-11/h11H,1-9H2.